The van der Waals surface area contributed by atoms with E-state index in [0.29, 0.717) is 16.3 Å². The number of carboxylic acids is 1. The van der Waals surface area contributed by atoms with Gasteiger partial charge >= 0.3 is 5.97 Å². The molecule has 0 fully saturated rings. The van der Waals surface area contributed by atoms with Crippen LogP contribution in [-0.4, -0.2) is 34.2 Å². The molecule has 178 valence electrons. The minimum Gasteiger partial charge on any atom is -0.611 e. The highest BCUT2D eigenvalue weighted by Crippen LogP contribution is 2.27. The summed E-state index contributed by atoms with van der Waals surface area (Å²) >= 11 is 4.54. The number of hydrogen-bond donors (Lipinski definition) is 1. The van der Waals surface area contributed by atoms with Crippen molar-refractivity contribution in [2.75, 3.05) is 17.7 Å². The zero-order valence-electron chi connectivity index (χ0n) is 19.3. The Kier molecular flexibility index (Phi) is 9.16. The van der Waals surface area contributed by atoms with Crippen molar-refractivity contribution >= 4 is 45.9 Å². The van der Waals surface area contributed by atoms with Gasteiger partial charge in [0.1, 0.15) is 11.3 Å². The Morgan fingerprint density at radius 3 is 2.09 bits per heavy atom. The predicted molar refractivity (Wildman–Crippen MR) is 138 cm³/mol. The van der Waals surface area contributed by atoms with Crippen molar-refractivity contribution in [1.29, 1.82) is 0 Å². The first-order valence-electron chi connectivity index (χ1n) is 11.2. The highest BCUT2D eigenvalue weighted by molar-refractivity contribution is 7.91. The monoisotopic (exact) mass is 497 g/mol. The summed E-state index contributed by atoms with van der Waals surface area (Å²) in [5, 5.41) is 10.3. The van der Waals surface area contributed by atoms with Gasteiger partial charge in [0.2, 0.25) is 0 Å². The van der Waals surface area contributed by atoms with E-state index in [1.165, 1.54) is 12.1 Å². The molecule has 0 aliphatic carbocycles. The Balaban J connectivity index is 1.77. The quantitative estimate of drug-likeness (QED) is 0.180. The number of rotatable bonds is 11. The Hall–Kier alpha value is -2.80. The number of carboxylic acid groups (broad SMARTS) is 1. The summed E-state index contributed by atoms with van der Waals surface area (Å²) in [4.78, 5) is 27.1. The maximum atomic E-state index is 13.0. The molecule has 0 spiro atoms. The van der Waals surface area contributed by atoms with E-state index in [2.05, 4.69) is 6.92 Å². The zero-order valence-corrected chi connectivity index (χ0v) is 20.9. The first kappa shape index (κ1) is 25.8. The minimum absolute atomic E-state index is 0.0845. The van der Waals surface area contributed by atoms with Gasteiger partial charge in [0, 0.05) is 34.6 Å². The maximum Gasteiger partial charge on any atom is 0.340 e. The van der Waals surface area contributed by atoms with E-state index in [0.717, 1.165) is 37.1 Å². The van der Waals surface area contributed by atoms with Gasteiger partial charge in [-0.15, -0.1) is 0 Å². The van der Waals surface area contributed by atoms with Crippen LogP contribution in [0.2, 0.25) is 5.02 Å². The summed E-state index contributed by atoms with van der Waals surface area (Å²) in [6, 6.07) is 18.9. The Morgan fingerprint density at radius 1 is 0.912 bits per heavy atom. The molecule has 1 atom stereocenters. The lowest BCUT2D eigenvalue weighted by Crippen LogP contribution is -2.14. The van der Waals surface area contributed by atoms with Crippen LogP contribution in [0.5, 0.6) is 0 Å². The molecule has 0 saturated heterocycles. The van der Waals surface area contributed by atoms with E-state index in [4.69, 9.17) is 11.6 Å². The lowest BCUT2D eigenvalue weighted by atomic mass is 10.0. The van der Waals surface area contributed by atoms with Gasteiger partial charge in [-0.2, -0.15) is 0 Å². The third-order valence-electron chi connectivity index (χ3n) is 5.63. The second-order valence-electron chi connectivity index (χ2n) is 8.04. The molecule has 5 nitrogen and oxygen atoms in total. The van der Waals surface area contributed by atoms with Crippen LogP contribution in [0, 0.1) is 0 Å². The van der Waals surface area contributed by atoms with E-state index in [1.807, 2.05) is 48.3 Å². The summed E-state index contributed by atoms with van der Waals surface area (Å²) < 4.78 is 12.7. The number of benzene rings is 3. The summed E-state index contributed by atoms with van der Waals surface area (Å²) in [6.45, 7) is 2.10. The van der Waals surface area contributed by atoms with Gasteiger partial charge in [-0.05, 0) is 90.7 Å². The third kappa shape index (κ3) is 6.41. The van der Waals surface area contributed by atoms with Crippen LogP contribution < -0.4 is 4.90 Å². The molecule has 0 aliphatic heterocycles. The first-order valence-corrected chi connectivity index (χ1v) is 12.9. The van der Waals surface area contributed by atoms with Crippen molar-refractivity contribution in [3.05, 3.63) is 88.4 Å². The van der Waals surface area contributed by atoms with Crippen molar-refractivity contribution < 1.29 is 19.2 Å². The molecule has 0 aromatic heterocycles. The molecule has 0 saturated carbocycles. The van der Waals surface area contributed by atoms with Gasteiger partial charge in [0.15, 0.2) is 10.7 Å². The highest BCUT2D eigenvalue weighted by atomic mass is 35.5. The summed E-state index contributed by atoms with van der Waals surface area (Å²) in [5.74, 6) is -1.06. The molecule has 1 unspecified atom stereocenters. The van der Waals surface area contributed by atoms with E-state index >= 15 is 0 Å². The Morgan fingerprint density at radius 2 is 1.50 bits per heavy atom. The van der Waals surface area contributed by atoms with Crippen LogP contribution in [-0.2, 0) is 11.2 Å². The minimum atomic E-state index is -1.42. The van der Waals surface area contributed by atoms with Gasteiger partial charge in [0.25, 0.3) is 0 Å². The molecule has 1 N–H and O–H groups in total. The average Bonchev–Trinajstić information content (AvgIpc) is 2.85. The first-order chi connectivity index (χ1) is 16.3. The standard InChI is InChI=1S/C27H28ClNO4S/c1-3-4-5-6-17-34(33)25-16-9-20(18-24(25)27(31)32)26(30)19-7-12-22(13-8-19)29(2)23-14-10-21(28)11-15-23/h7-16,18H,3-6,17H2,1-2H3,(H,31,32). The average molecular weight is 498 g/mol. The van der Waals surface area contributed by atoms with E-state index in [-0.39, 0.29) is 21.8 Å². The normalized spacial score (nSPS) is 11.8. The van der Waals surface area contributed by atoms with Gasteiger partial charge < -0.3 is 14.6 Å². The molecule has 0 amide bonds. The van der Waals surface area contributed by atoms with Gasteiger partial charge in [-0.3, -0.25) is 4.79 Å². The number of halogens is 1. The molecule has 34 heavy (non-hydrogen) atoms. The number of anilines is 2. The van der Waals surface area contributed by atoms with Crippen molar-refractivity contribution in [1.82, 2.24) is 0 Å². The van der Waals surface area contributed by atoms with Crippen LogP contribution in [0.1, 0.15) is 58.9 Å². The van der Waals surface area contributed by atoms with E-state index in [1.54, 1.807) is 18.2 Å². The van der Waals surface area contributed by atoms with Gasteiger partial charge in [0.05, 0.1) is 0 Å². The Bertz CT molecular complexity index is 1130. The molecule has 0 heterocycles. The largest absolute Gasteiger partial charge is 0.611 e. The number of carbonyl (C=O) groups is 2. The second-order valence-corrected chi connectivity index (χ2v) is 10.0. The summed E-state index contributed by atoms with van der Waals surface area (Å²) in [7, 11) is 1.92. The summed E-state index contributed by atoms with van der Waals surface area (Å²) in [6.07, 6.45) is 3.87. The van der Waals surface area contributed by atoms with Crippen molar-refractivity contribution in [3.8, 4) is 0 Å². The predicted octanol–water partition coefficient (Wildman–Crippen LogP) is 6.73. The second kappa shape index (κ2) is 12.1. The maximum absolute atomic E-state index is 13.0. The fraction of sp³-hybridized carbons (Fsp3) is 0.259. The molecular weight excluding hydrogens is 470 g/mol. The smallest absolute Gasteiger partial charge is 0.340 e. The number of nitrogens with zero attached hydrogens (tertiary/aromatic N) is 1. The Labute approximate surface area is 208 Å². The molecule has 3 aromatic rings. The van der Waals surface area contributed by atoms with Crippen LogP contribution in [0.3, 0.4) is 0 Å². The number of aromatic carboxylic acids is 1. The van der Waals surface area contributed by atoms with E-state index < -0.39 is 17.1 Å². The van der Waals surface area contributed by atoms with Crippen LogP contribution in [0.4, 0.5) is 11.4 Å². The number of ketones is 1. The lowest BCUT2D eigenvalue weighted by Gasteiger charge is -2.19. The molecule has 7 heteroatoms. The number of unbranched alkanes of at least 4 members (excludes halogenated alkanes) is 3. The zero-order chi connectivity index (χ0) is 24.7. The number of hydrogen-bond acceptors (Lipinski definition) is 4. The molecule has 3 rings (SSSR count). The molecule has 3 aromatic carbocycles. The van der Waals surface area contributed by atoms with Gasteiger partial charge in [-0.25, -0.2) is 4.79 Å². The van der Waals surface area contributed by atoms with Crippen molar-refractivity contribution in [2.45, 2.75) is 37.5 Å². The van der Waals surface area contributed by atoms with Crippen LogP contribution >= 0.6 is 11.6 Å². The van der Waals surface area contributed by atoms with Crippen molar-refractivity contribution in [3.63, 3.8) is 0 Å². The molecule has 0 radical (unpaired) electrons. The fourth-order valence-corrected chi connectivity index (χ4v) is 5.05. The van der Waals surface area contributed by atoms with Crippen molar-refractivity contribution in [2.24, 2.45) is 0 Å². The van der Waals surface area contributed by atoms with E-state index in [9.17, 15) is 19.2 Å². The molecule has 0 aliphatic rings. The highest BCUT2D eigenvalue weighted by Gasteiger charge is 2.23. The lowest BCUT2D eigenvalue weighted by molar-refractivity contribution is 0.0692. The SMILES string of the molecule is CCCCCC[S+]([O-])c1ccc(C(=O)c2ccc(N(C)c3ccc(Cl)cc3)cc2)cc1C(=O)O. The molecule has 0 bridgehead atoms. The topological polar surface area (TPSA) is 80.7 Å². The van der Waals surface area contributed by atoms with Crippen LogP contribution in [0.15, 0.2) is 71.6 Å². The summed E-state index contributed by atoms with van der Waals surface area (Å²) in [5.41, 5.74) is 2.45. The number of carbonyl (C=O) groups excluding carboxylic acids is 1. The van der Waals surface area contributed by atoms with Crippen LogP contribution in [0.25, 0.3) is 0 Å². The fourth-order valence-electron chi connectivity index (χ4n) is 3.62. The van der Waals surface area contributed by atoms with Gasteiger partial charge in [-0.1, -0.05) is 31.4 Å². The third-order valence-corrected chi connectivity index (χ3v) is 7.39. The molecular formula is C27H28ClNO4S.